The summed E-state index contributed by atoms with van der Waals surface area (Å²) in [7, 11) is 2.14. The van der Waals surface area contributed by atoms with Crippen LogP contribution in [-0.4, -0.2) is 29.5 Å². The fourth-order valence-corrected chi connectivity index (χ4v) is 2.26. The molecule has 19 heavy (non-hydrogen) atoms. The summed E-state index contributed by atoms with van der Waals surface area (Å²) in [5, 5.41) is 0. The Morgan fingerprint density at radius 3 is 2.95 bits per heavy atom. The van der Waals surface area contributed by atoms with Crippen LogP contribution in [0.1, 0.15) is 31.2 Å². The van der Waals surface area contributed by atoms with Crippen molar-refractivity contribution in [3.8, 4) is 0 Å². The zero-order chi connectivity index (χ0) is 13.8. The quantitative estimate of drug-likeness (QED) is 0.868. The van der Waals surface area contributed by atoms with E-state index in [2.05, 4.69) is 36.0 Å². The zero-order valence-corrected chi connectivity index (χ0v) is 12.0. The van der Waals surface area contributed by atoms with Crippen LogP contribution in [0.15, 0.2) is 22.6 Å². The number of hydrogen-bond acceptors (Lipinski definition) is 4. The van der Waals surface area contributed by atoms with Crippen molar-refractivity contribution < 1.29 is 4.42 Å². The first-order valence-electron chi connectivity index (χ1n) is 6.85. The van der Waals surface area contributed by atoms with Crippen LogP contribution in [0.4, 0.5) is 0 Å². The van der Waals surface area contributed by atoms with Crippen LogP contribution in [0.5, 0.6) is 0 Å². The number of hydrogen-bond donors (Lipinski definition) is 1. The number of fused-ring (bicyclic) bond motifs is 1. The van der Waals surface area contributed by atoms with Crippen molar-refractivity contribution in [2.24, 2.45) is 5.73 Å². The molecule has 0 radical (unpaired) electrons. The van der Waals surface area contributed by atoms with Crippen molar-refractivity contribution in [3.63, 3.8) is 0 Å². The second-order valence-corrected chi connectivity index (χ2v) is 5.39. The molecule has 1 atom stereocenters. The first kappa shape index (κ1) is 14.0. The standard InChI is InChI=1S/C15H23N3O/c1-11(16)5-4-8-18(3)10-13-6-7-15-14(9-13)17-12(2)19-15/h6-7,9,11H,4-5,8,10,16H2,1-3H3. The minimum atomic E-state index is 0.294. The Morgan fingerprint density at radius 2 is 2.21 bits per heavy atom. The van der Waals surface area contributed by atoms with Crippen molar-refractivity contribution in [1.82, 2.24) is 9.88 Å². The van der Waals surface area contributed by atoms with Gasteiger partial charge in [-0.1, -0.05) is 6.07 Å². The van der Waals surface area contributed by atoms with Gasteiger partial charge in [-0.2, -0.15) is 0 Å². The first-order valence-corrected chi connectivity index (χ1v) is 6.85. The third-order valence-corrected chi connectivity index (χ3v) is 3.21. The molecule has 1 aromatic heterocycles. The van der Waals surface area contributed by atoms with Crippen LogP contribution in [0.2, 0.25) is 0 Å². The van der Waals surface area contributed by atoms with Crippen LogP contribution in [0.25, 0.3) is 11.1 Å². The van der Waals surface area contributed by atoms with Gasteiger partial charge in [0.05, 0.1) is 0 Å². The van der Waals surface area contributed by atoms with E-state index in [0.29, 0.717) is 6.04 Å². The summed E-state index contributed by atoms with van der Waals surface area (Å²) in [4.78, 5) is 6.68. The Hall–Kier alpha value is -1.39. The summed E-state index contributed by atoms with van der Waals surface area (Å²) >= 11 is 0. The van der Waals surface area contributed by atoms with Gasteiger partial charge in [0.2, 0.25) is 0 Å². The van der Waals surface area contributed by atoms with Gasteiger partial charge >= 0.3 is 0 Å². The average Bonchev–Trinajstić information content (AvgIpc) is 2.67. The molecule has 0 bridgehead atoms. The Morgan fingerprint density at radius 1 is 1.42 bits per heavy atom. The van der Waals surface area contributed by atoms with Crippen LogP contribution in [0, 0.1) is 6.92 Å². The fourth-order valence-electron chi connectivity index (χ4n) is 2.26. The van der Waals surface area contributed by atoms with Crippen LogP contribution in [-0.2, 0) is 6.54 Å². The summed E-state index contributed by atoms with van der Waals surface area (Å²) in [6.45, 7) is 5.93. The van der Waals surface area contributed by atoms with Gasteiger partial charge in [-0.25, -0.2) is 4.98 Å². The lowest BCUT2D eigenvalue weighted by molar-refractivity contribution is 0.315. The molecule has 2 rings (SSSR count). The van der Waals surface area contributed by atoms with Crippen molar-refractivity contribution in [1.29, 1.82) is 0 Å². The highest BCUT2D eigenvalue weighted by molar-refractivity contribution is 5.73. The van der Waals surface area contributed by atoms with Crippen molar-refractivity contribution in [2.45, 2.75) is 39.3 Å². The molecule has 0 saturated heterocycles. The van der Waals surface area contributed by atoms with E-state index in [1.165, 1.54) is 5.56 Å². The first-order chi connectivity index (χ1) is 9.04. The van der Waals surface area contributed by atoms with Crippen LogP contribution >= 0.6 is 0 Å². The molecule has 0 spiro atoms. The van der Waals surface area contributed by atoms with Crippen LogP contribution < -0.4 is 5.73 Å². The van der Waals surface area contributed by atoms with E-state index >= 15 is 0 Å². The van der Waals surface area contributed by atoms with E-state index in [0.717, 1.165) is 42.9 Å². The number of benzene rings is 1. The smallest absolute Gasteiger partial charge is 0.192 e. The van der Waals surface area contributed by atoms with E-state index in [1.807, 2.05) is 13.0 Å². The maximum absolute atomic E-state index is 5.76. The van der Waals surface area contributed by atoms with Gasteiger partial charge in [0.1, 0.15) is 5.52 Å². The van der Waals surface area contributed by atoms with Crippen molar-refractivity contribution >= 4 is 11.1 Å². The van der Waals surface area contributed by atoms with Gasteiger partial charge in [0.15, 0.2) is 11.5 Å². The highest BCUT2D eigenvalue weighted by Gasteiger charge is 2.05. The summed E-state index contributed by atoms with van der Waals surface area (Å²) < 4.78 is 5.48. The molecule has 2 N–H and O–H groups in total. The van der Waals surface area contributed by atoms with Gasteiger partial charge in [0, 0.05) is 19.5 Å². The lowest BCUT2D eigenvalue weighted by Gasteiger charge is -2.17. The maximum atomic E-state index is 5.76. The predicted octanol–water partition coefficient (Wildman–Crippen LogP) is 2.70. The molecular formula is C15H23N3O. The number of aromatic nitrogens is 1. The van der Waals surface area contributed by atoms with E-state index in [1.54, 1.807) is 0 Å². The van der Waals surface area contributed by atoms with Crippen molar-refractivity contribution in [3.05, 3.63) is 29.7 Å². The fraction of sp³-hybridized carbons (Fsp3) is 0.533. The molecule has 1 aromatic carbocycles. The van der Waals surface area contributed by atoms with Gasteiger partial charge < -0.3 is 15.1 Å². The van der Waals surface area contributed by atoms with E-state index in [-0.39, 0.29) is 0 Å². The third-order valence-electron chi connectivity index (χ3n) is 3.21. The molecule has 0 saturated carbocycles. The molecule has 1 unspecified atom stereocenters. The minimum absolute atomic E-state index is 0.294. The monoisotopic (exact) mass is 261 g/mol. The second-order valence-electron chi connectivity index (χ2n) is 5.39. The maximum Gasteiger partial charge on any atom is 0.192 e. The molecule has 0 aliphatic heterocycles. The second kappa shape index (κ2) is 6.17. The molecule has 2 aromatic rings. The molecule has 4 heteroatoms. The molecule has 0 amide bonds. The molecular weight excluding hydrogens is 238 g/mol. The molecule has 1 heterocycles. The predicted molar refractivity (Wildman–Crippen MR) is 78.0 cm³/mol. The summed E-state index contributed by atoms with van der Waals surface area (Å²) in [6.07, 6.45) is 2.21. The molecule has 0 aliphatic rings. The summed E-state index contributed by atoms with van der Waals surface area (Å²) in [5.41, 5.74) is 8.83. The average molecular weight is 261 g/mol. The Kier molecular flexibility index (Phi) is 4.56. The topological polar surface area (TPSA) is 55.3 Å². The highest BCUT2D eigenvalue weighted by atomic mass is 16.3. The lowest BCUT2D eigenvalue weighted by atomic mass is 10.1. The van der Waals surface area contributed by atoms with Crippen LogP contribution in [0.3, 0.4) is 0 Å². The number of nitrogens with zero attached hydrogens (tertiary/aromatic N) is 2. The lowest BCUT2D eigenvalue weighted by Crippen LogP contribution is -2.22. The zero-order valence-electron chi connectivity index (χ0n) is 12.0. The Labute approximate surface area is 114 Å². The largest absolute Gasteiger partial charge is 0.441 e. The Balaban J connectivity index is 1.92. The van der Waals surface area contributed by atoms with E-state index in [4.69, 9.17) is 10.2 Å². The van der Waals surface area contributed by atoms with Crippen molar-refractivity contribution in [2.75, 3.05) is 13.6 Å². The number of rotatable bonds is 6. The van der Waals surface area contributed by atoms with Gasteiger partial charge in [-0.15, -0.1) is 0 Å². The van der Waals surface area contributed by atoms with Gasteiger partial charge in [-0.3, -0.25) is 0 Å². The number of oxazole rings is 1. The van der Waals surface area contributed by atoms with E-state index < -0.39 is 0 Å². The molecule has 4 nitrogen and oxygen atoms in total. The number of aryl methyl sites for hydroxylation is 1. The highest BCUT2D eigenvalue weighted by Crippen LogP contribution is 2.17. The normalized spacial score (nSPS) is 13.3. The summed E-state index contributed by atoms with van der Waals surface area (Å²) in [6, 6.07) is 6.51. The minimum Gasteiger partial charge on any atom is -0.441 e. The Bertz CT molecular complexity index is 533. The summed E-state index contributed by atoms with van der Waals surface area (Å²) in [5.74, 6) is 0.720. The van der Waals surface area contributed by atoms with E-state index in [9.17, 15) is 0 Å². The van der Waals surface area contributed by atoms with Gasteiger partial charge in [0.25, 0.3) is 0 Å². The van der Waals surface area contributed by atoms with Gasteiger partial charge in [-0.05, 0) is 51.1 Å². The molecule has 0 fully saturated rings. The SMILES string of the molecule is Cc1nc2cc(CN(C)CCCC(C)N)ccc2o1. The third kappa shape index (κ3) is 4.04. The molecule has 0 aliphatic carbocycles. The molecule has 104 valence electrons. The number of nitrogens with two attached hydrogens (primary N) is 1.